The topological polar surface area (TPSA) is 30.2 Å². The fourth-order valence-electron chi connectivity index (χ4n) is 2.81. The Kier molecular flexibility index (Phi) is 5.69. The number of halogens is 1. The van der Waals surface area contributed by atoms with Gasteiger partial charge in [0.1, 0.15) is 5.75 Å². The highest BCUT2D eigenvalue weighted by Gasteiger charge is 2.23. The number of benzene rings is 2. The minimum atomic E-state index is -0.270. The summed E-state index contributed by atoms with van der Waals surface area (Å²) in [5, 5.41) is 0.741. The number of aromatic nitrogens is 1. The molecule has 132 valence electrons. The number of hydrogen-bond donors (Lipinski definition) is 0. The number of ketones is 1. The average molecular weight is 367 g/mol. The molecule has 1 heterocycles. The second-order valence-corrected chi connectivity index (χ2v) is 6.66. The molecule has 0 amide bonds. The van der Waals surface area contributed by atoms with E-state index >= 15 is 0 Å². The van der Waals surface area contributed by atoms with Crippen LogP contribution in [0.25, 0.3) is 0 Å². The van der Waals surface area contributed by atoms with E-state index in [0.717, 1.165) is 17.2 Å². The third-order valence-electron chi connectivity index (χ3n) is 4.44. The van der Waals surface area contributed by atoms with Crippen LogP contribution in [0.2, 0.25) is 5.02 Å². The molecule has 0 radical (unpaired) electrons. The summed E-state index contributed by atoms with van der Waals surface area (Å²) in [5.74, 6) is 0.816. The van der Waals surface area contributed by atoms with Crippen LogP contribution < -0.4 is 9.30 Å². The van der Waals surface area contributed by atoms with Gasteiger partial charge in [0.05, 0.1) is 7.11 Å². The van der Waals surface area contributed by atoms with Crippen molar-refractivity contribution < 1.29 is 14.1 Å². The van der Waals surface area contributed by atoms with E-state index in [1.165, 1.54) is 11.1 Å². The summed E-state index contributed by atoms with van der Waals surface area (Å²) in [6.45, 7) is 1.91. The standard InChI is InChI=1S/C22H21ClNO2/c1-16(22(25)19-5-9-21(26-2)10-6-19)24-13-11-18(12-14-24)15-17-3-7-20(23)8-4-17/h3-14,16H,15H2,1-2H3/q+1/t16-/m0/s1. The number of nitrogens with zero attached hydrogens (tertiary/aromatic N) is 1. The van der Waals surface area contributed by atoms with Crippen molar-refractivity contribution in [3.8, 4) is 5.75 Å². The van der Waals surface area contributed by atoms with Crippen LogP contribution >= 0.6 is 11.6 Å². The molecule has 0 unspecified atom stereocenters. The third-order valence-corrected chi connectivity index (χ3v) is 4.70. The van der Waals surface area contributed by atoms with Crippen LogP contribution in [0.5, 0.6) is 5.75 Å². The summed E-state index contributed by atoms with van der Waals surface area (Å²) in [6, 6.07) is 18.9. The SMILES string of the molecule is COc1ccc(C(=O)[C@H](C)[n+]2ccc(Cc3ccc(Cl)cc3)cc2)cc1. The first-order valence-corrected chi connectivity index (χ1v) is 8.87. The smallest absolute Gasteiger partial charge is 0.230 e. The number of hydrogen-bond acceptors (Lipinski definition) is 2. The highest BCUT2D eigenvalue weighted by Crippen LogP contribution is 2.16. The van der Waals surface area contributed by atoms with Crippen molar-refractivity contribution in [1.82, 2.24) is 0 Å². The van der Waals surface area contributed by atoms with Crippen molar-refractivity contribution in [2.24, 2.45) is 0 Å². The van der Waals surface area contributed by atoms with Gasteiger partial charge in [0.2, 0.25) is 11.8 Å². The molecule has 0 spiro atoms. The number of Topliss-reactive ketones (excluding diaryl/α,β-unsaturated/α-hetero) is 1. The summed E-state index contributed by atoms with van der Waals surface area (Å²) in [5.41, 5.74) is 3.07. The number of carbonyl (C=O) groups excluding carboxylic acids is 1. The summed E-state index contributed by atoms with van der Waals surface area (Å²) >= 11 is 5.93. The molecular formula is C22H21ClNO2+. The molecule has 0 aliphatic carbocycles. The lowest BCUT2D eigenvalue weighted by Gasteiger charge is -2.08. The second-order valence-electron chi connectivity index (χ2n) is 6.23. The van der Waals surface area contributed by atoms with Crippen molar-refractivity contribution >= 4 is 17.4 Å². The highest BCUT2D eigenvalue weighted by atomic mass is 35.5. The Bertz CT molecular complexity index is 872. The van der Waals surface area contributed by atoms with Crippen molar-refractivity contribution in [3.63, 3.8) is 0 Å². The number of carbonyl (C=O) groups is 1. The lowest BCUT2D eigenvalue weighted by atomic mass is 10.0. The van der Waals surface area contributed by atoms with Gasteiger partial charge in [-0.25, -0.2) is 0 Å². The number of methoxy groups -OCH3 is 1. The van der Waals surface area contributed by atoms with Gasteiger partial charge in [0.15, 0.2) is 12.4 Å². The second kappa shape index (κ2) is 8.15. The number of pyridine rings is 1. The normalized spacial score (nSPS) is 11.8. The van der Waals surface area contributed by atoms with E-state index in [2.05, 4.69) is 0 Å². The van der Waals surface area contributed by atoms with E-state index in [4.69, 9.17) is 16.3 Å². The van der Waals surface area contributed by atoms with E-state index in [1.54, 1.807) is 31.4 Å². The van der Waals surface area contributed by atoms with Gasteiger partial charge in [0, 0.05) is 29.6 Å². The molecular weight excluding hydrogens is 346 g/mol. The Hall–Kier alpha value is -2.65. The van der Waals surface area contributed by atoms with Gasteiger partial charge >= 0.3 is 0 Å². The largest absolute Gasteiger partial charge is 0.497 e. The molecule has 1 atom stereocenters. The fourth-order valence-corrected chi connectivity index (χ4v) is 2.94. The van der Waals surface area contributed by atoms with Gasteiger partial charge < -0.3 is 4.74 Å². The van der Waals surface area contributed by atoms with Gasteiger partial charge in [0.25, 0.3) is 0 Å². The van der Waals surface area contributed by atoms with Gasteiger partial charge in [-0.05, 0) is 53.9 Å². The van der Waals surface area contributed by atoms with Crippen molar-refractivity contribution in [1.29, 1.82) is 0 Å². The lowest BCUT2D eigenvalue weighted by Crippen LogP contribution is -2.41. The van der Waals surface area contributed by atoms with Gasteiger partial charge in [-0.2, -0.15) is 4.57 Å². The Balaban J connectivity index is 1.70. The summed E-state index contributed by atoms with van der Waals surface area (Å²) in [7, 11) is 1.61. The molecule has 1 aromatic heterocycles. The van der Waals surface area contributed by atoms with Crippen molar-refractivity contribution in [3.05, 3.63) is 94.8 Å². The maximum Gasteiger partial charge on any atom is 0.230 e. The van der Waals surface area contributed by atoms with Gasteiger partial charge in [-0.3, -0.25) is 4.79 Å². The third kappa shape index (κ3) is 4.30. The van der Waals surface area contributed by atoms with E-state index in [9.17, 15) is 4.79 Å². The van der Waals surface area contributed by atoms with Crippen LogP contribution in [-0.4, -0.2) is 12.9 Å². The molecule has 0 bridgehead atoms. The predicted molar refractivity (Wildman–Crippen MR) is 103 cm³/mol. The minimum absolute atomic E-state index is 0.0723. The first-order valence-electron chi connectivity index (χ1n) is 8.49. The molecule has 26 heavy (non-hydrogen) atoms. The molecule has 3 nitrogen and oxygen atoms in total. The van der Waals surface area contributed by atoms with Crippen LogP contribution in [0.15, 0.2) is 73.1 Å². The zero-order valence-electron chi connectivity index (χ0n) is 14.9. The maximum absolute atomic E-state index is 12.7. The fraction of sp³-hybridized carbons (Fsp3) is 0.182. The molecule has 2 aromatic carbocycles. The maximum atomic E-state index is 12.7. The van der Waals surface area contributed by atoms with Crippen LogP contribution in [0, 0.1) is 0 Å². The first-order chi connectivity index (χ1) is 12.6. The molecule has 0 aliphatic heterocycles. The molecule has 0 saturated heterocycles. The summed E-state index contributed by atoms with van der Waals surface area (Å²) in [6.07, 6.45) is 4.74. The molecule has 3 rings (SSSR count). The molecule has 0 aliphatic rings. The Morgan fingerprint density at radius 2 is 1.54 bits per heavy atom. The Morgan fingerprint density at radius 3 is 2.12 bits per heavy atom. The number of rotatable bonds is 6. The van der Waals surface area contributed by atoms with Crippen LogP contribution in [0.3, 0.4) is 0 Å². The van der Waals surface area contributed by atoms with Crippen LogP contribution in [0.1, 0.15) is 34.5 Å². The quantitative estimate of drug-likeness (QED) is 0.468. The molecule has 3 aromatic rings. The van der Waals surface area contributed by atoms with E-state index in [1.807, 2.05) is 60.3 Å². The van der Waals surface area contributed by atoms with E-state index in [-0.39, 0.29) is 11.8 Å². The van der Waals surface area contributed by atoms with Crippen molar-refractivity contribution in [2.75, 3.05) is 7.11 Å². The zero-order chi connectivity index (χ0) is 18.5. The first kappa shape index (κ1) is 18.2. The zero-order valence-corrected chi connectivity index (χ0v) is 15.6. The van der Waals surface area contributed by atoms with Gasteiger partial charge in [-0.15, -0.1) is 0 Å². The predicted octanol–water partition coefficient (Wildman–Crippen LogP) is 4.67. The summed E-state index contributed by atoms with van der Waals surface area (Å²) < 4.78 is 7.07. The molecule has 0 saturated carbocycles. The minimum Gasteiger partial charge on any atom is -0.497 e. The summed E-state index contributed by atoms with van der Waals surface area (Å²) in [4.78, 5) is 12.7. The van der Waals surface area contributed by atoms with Gasteiger partial charge in [-0.1, -0.05) is 23.7 Å². The molecule has 0 fully saturated rings. The van der Waals surface area contributed by atoms with Crippen LogP contribution in [0.4, 0.5) is 0 Å². The average Bonchev–Trinajstić information content (AvgIpc) is 2.69. The monoisotopic (exact) mass is 366 g/mol. The molecule has 0 N–H and O–H groups in total. The lowest BCUT2D eigenvalue weighted by molar-refractivity contribution is -0.704. The van der Waals surface area contributed by atoms with E-state index in [0.29, 0.717) is 5.56 Å². The number of ether oxygens (including phenoxy) is 1. The Morgan fingerprint density at radius 1 is 0.962 bits per heavy atom. The highest BCUT2D eigenvalue weighted by molar-refractivity contribution is 6.30. The van der Waals surface area contributed by atoms with Crippen molar-refractivity contribution in [2.45, 2.75) is 19.4 Å². The van der Waals surface area contributed by atoms with Crippen LogP contribution in [-0.2, 0) is 6.42 Å². The Labute approximate surface area is 158 Å². The molecule has 4 heteroatoms. The van der Waals surface area contributed by atoms with E-state index < -0.39 is 0 Å².